The number of amidine groups is 1. The zero-order valence-corrected chi connectivity index (χ0v) is 20.4. The standard InChI is InChI=1S/C26H22F3N3O4S/c1-35-21-10-6-5-9-20(21)32-23(33)15-22(24(32)34)37-25(30-16-17-7-3-2-4-8-17)31-18-11-13-19(14-12-18)36-26(27,28)29/h2-14,22H,15-16H2,1H3,(H,30,31). The van der Waals surface area contributed by atoms with Crippen molar-refractivity contribution in [3.05, 3.63) is 84.4 Å². The smallest absolute Gasteiger partial charge is 0.495 e. The number of para-hydroxylation sites is 2. The van der Waals surface area contributed by atoms with Crippen molar-refractivity contribution < 1.29 is 32.2 Å². The first-order chi connectivity index (χ1) is 17.7. The normalized spacial score (nSPS) is 16.2. The van der Waals surface area contributed by atoms with Crippen LogP contribution in [0.2, 0.25) is 0 Å². The zero-order chi connectivity index (χ0) is 26.4. The number of nitrogens with zero attached hydrogens (tertiary/aromatic N) is 2. The molecule has 1 heterocycles. The summed E-state index contributed by atoms with van der Waals surface area (Å²) in [4.78, 5) is 31.7. The predicted molar refractivity (Wildman–Crippen MR) is 136 cm³/mol. The monoisotopic (exact) mass is 529 g/mol. The fourth-order valence-electron chi connectivity index (χ4n) is 3.61. The van der Waals surface area contributed by atoms with E-state index in [9.17, 15) is 22.8 Å². The Morgan fingerprint density at radius 1 is 1.03 bits per heavy atom. The Morgan fingerprint density at radius 3 is 2.38 bits per heavy atom. The van der Waals surface area contributed by atoms with Gasteiger partial charge in [-0.1, -0.05) is 54.2 Å². The van der Waals surface area contributed by atoms with E-state index in [0.29, 0.717) is 22.3 Å². The molecule has 0 saturated carbocycles. The summed E-state index contributed by atoms with van der Waals surface area (Å²) >= 11 is 1.08. The number of amides is 2. The third-order valence-corrected chi connectivity index (χ3v) is 6.38. The summed E-state index contributed by atoms with van der Waals surface area (Å²) in [6.45, 7) is 0.288. The van der Waals surface area contributed by atoms with Crippen molar-refractivity contribution in [2.45, 2.75) is 24.6 Å². The van der Waals surface area contributed by atoms with E-state index in [2.05, 4.69) is 15.0 Å². The van der Waals surface area contributed by atoms with Crippen LogP contribution in [0.25, 0.3) is 0 Å². The van der Waals surface area contributed by atoms with Crippen LogP contribution in [0.15, 0.2) is 83.9 Å². The van der Waals surface area contributed by atoms with Gasteiger partial charge < -0.3 is 14.8 Å². The number of benzene rings is 3. The van der Waals surface area contributed by atoms with Gasteiger partial charge >= 0.3 is 6.36 Å². The number of alkyl halides is 3. The Balaban J connectivity index is 1.54. The SMILES string of the molecule is COc1ccccc1N1C(=O)CC(SC(=NCc2ccccc2)Nc2ccc(OC(F)(F)F)cc2)C1=O. The van der Waals surface area contributed by atoms with Gasteiger partial charge in [-0.25, -0.2) is 4.90 Å². The maximum Gasteiger partial charge on any atom is 0.573 e. The molecule has 0 spiro atoms. The molecule has 0 bridgehead atoms. The topological polar surface area (TPSA) is 80.2 Å². The fraction of sp³-hybridized carbons (Fsp3) is 0.192. The molecule has 11 heteroatoms. The second kappa shape index (κ2) is 11.4. The molecule has 1 fully saturated rings. The number of carbonyl (C=O) groups is 2. The lowest BCUT2D eigenvalue weighted by Gasteiger charge is -2.18. The summed E-state index contributed by atoms with van der Waals surface area (Å²) in [6.07, 6.45) is -4.85. The van der Waals surface area contributed by atoms with Crippen LogP contribution in [0, 0.1) is 0 Å². The van der Waals surface area contributed by atoms with Crippen LogP contribution in [0.5, 0.6) is 11.5 Å². The van der Waals surface area contributed by atoms with Gasteiger partial charge in [0.2, 0.25) is 11.8 Å². The molecule has 7 nitrogen and oxygen atoms in total. The molecular formula is C26H22F3N3O4S. The number of hydrogen-bond acceptors (Lipinski definition) is 6. The number of methoxy groups -OCH3 is 1. The lowest BCUT2D eigenvalue weighted by atomic mass is 10.2. The molecule has 1 saturated heterocycles. The number of thioether (sulfide) groups is 1. The van der Waals surface area contributed by atoms with Gasteiger partial charge in [0, 0.05) is 12.1 Å². The van der Waals surface area contributed by atoms with Crippen LogP contribution in [0.1, 0.15) is 12.0 Å². The van der Waals surface area contributed by atoms with Gasteiger partial charge in [0.25, 0.3) is 0 Å². The second-order valence-electron chi connectivity index (χ2n) is 7.85. The molecule has 37 heavy (non-hydrogen) atoms. The molecule has 1 atom stereocenters. The van der Waals surface area contributed by atoms with Crippen molar-refractivity contribution in [2.24, 2.45) is 4.99 Å². The van der Waals surface area contributed by atoms with Gasteiger partial charge in [-0.2, -0.15) is 0 Å². The van der Waals surface area contributed by atoms with Gasteiger partial charge in [-0.3, -0.25) is 14.6 Å². The average molecular weight is 530 g/mol. The Hall–Kier alpha value is -3.99. The molecule has 1 aliphatic rings. The van der Waals surface area contributed by atoms with Crippen molar-refractivity contribution in [2.75, 3.05) is 17.3 Å². The molecular weight excluding hydrogens is 507 g/mol. The van der Waals surface area contributed by atoms with Crippen molar-refractivity contribution in [3.63, 3.8) is 0 Å². The lowest BCUT2D eigenvalue weighted by molar-refractivity contribution is -0.274. The summed E-state index contributed by atoms with van der Waals surface area (Å²) in [5.41, 5.74) is 1.71. The van der Waals surface area contributed by atoms with Crippen molar-refractivity contribution >= 4 is 40.1 Å². The first-order valence-corrected chi connectivity index (χ1v) is 12.0. The molecule has 1 unspecified atom stereocenters. The largest absolute Gasteiger partial charge is 0.573 e. The minimum atomic E-state index is -4.80. The van der Waals surface area contributed by atoms with E-state index < -0.39 is 17.5 Å². The molecule has 2 amide bonds. The van der Waals surface area contributed by atoms with Crippen LogP contribution in [-0.2, 0) is 16.1 Å². The number of carbonyl (C=O) groups excluding carboxylic acids is 2. The summed E-state index contributed by atoms with van der Waals surface area (Å²) in [5.74, 6) is -0.754. The van der Waals surface area contributed by atoms with Gasteiger partial charge in [-0.15, -0.1) is 13.2 Å². The van der Waals surface area contributed by atoms with Gasteiger partial charge in [0.05, 0.1) is 19.3 Å². The highest BCUT2D eigenvalue weighted by Gasteiger charge is 2.42. The van der Waals surface area contributed by atoms with Crippen molar-refractivity contribution in [1.29, 1.82) is 0 Å². The maximum atomic E-state index is 13.2. The minimum Gasteiger partial charge on any atom is -0.495 e. The van der Waals surface area contributed by atoms with Crippen LogP contribution in [0.4, 0.5) is 24.5 Å². The maximum absolute atomic E-state index is 13.2. The number of halogens is 3. The number of rotatable bonds is 7. The number of ether oxygens (including phenoxy) is 2. The number of nitrogens with one attached hydrogen (secondary N) is 1. The van der Waals surface area contributed by atoms with Crippen LogP contribution >= 0.6 is 11.8 Å². The van der Waals surface area contributed by atoms with E-state index >= 15 is 0 Å². The second-order valence-corrected chi connectivity index (χ2v) is 9.05. The summed E-state index contributed by atoms with van der Waals surface area (Å²) in [6, 6.07) is 21.3. The predicted octanol–water partition coefficient (Wildman–Crippen LogP) is 5.63. The highest BCUT2D eigenvalue weighted by atomic mass is 32.2. The third kappa shape index (κ3) is 6.82. The number of anilines is 2. The fourth-order valence-corrected chi connectivity index (χ4v) is 4.63. The summed E-state index contributed by atoms with van der Waals surface area (Å²) in [5, 5.41) is 2.63. The van der Waals surface area contributed by atoms with Gasteiger partial charge in [0.1, 0.15) is 16.7 Å². The van der Waals surface area contributed by atoms with E-state index in [1.54, 1.807) is 24.3 Å². The third-order valence-electron chi connectivity index (χ3n) is 5.27. The van der Waals surface area contributed by atoms with Crippen molar-refractivity contribution in [1.82, 2.24) is 0 Å². The highest BCUT2D eigenvalue weighted by molar-refractivity contribution is 8.15. The van der Waals surface area contributed by atoms with Crippen molar-refractivity contribution in [3.8, 4) is 11.5 Å². The Morgan fingerprint density at radius 2 is 1.70 bits per heavy atom. The molecule has 0 aromatic heterocycles. The molecule has 1 N–H and O–H groups in total. The molecule has 1 aliphatic heterocycles. The molecule has 192 valence electrons. The van der Waals surface area contributed by atoms with E-state index in [0.717, 1.165) is 22.2 Å². The molecule has 3 aromatic rings. The quantitative estimate of drug-likeness (QED) is 0.243. The minimum absolute atomic E-state index is 0.0497. The first kappa shape index (κ1) is 26.1. The van der Waals surface area contributed by atoms with E-state index in [4.69, 9.17) is 4.74 Å². The zero-order valence-electron chi connectivity index (χ0n) is 19.6. The average Bonchev–Trinajstić information content (AvgIpc) is 3.15. The van der Waals surface area contributed by atoms with E-state index in [1.165, 1.54) is 31.4 Å². The molecule has 4 rings (SSSR count). The molecule has 3 aromatic carbocycles. The van der Waals surface area contributed by atoms with Gasteiger partial charge in [-0.05, 0) is 42.0 Å². The number of imide groups is 1. The summed E-state index contributed by atoms with van der Waals surface area (Å²) in [7, 11) is 1.46. The van der Waals surface area contributed by atoms with Crippen LogP contribution in [0.3, 0.4) is 0 Å². The Labute approximate surface area is 215 Å². The Kier molecular flexibility index (Phi) is 8.02. The van der Waals surface area contributed by atoms with Crippen LogP contribution < -0.4 is 19.7 Å². The Bertz CT molecular complexity index is 1280. The number of aliphatic imine (C=N–C) groups is 1. The number of hydrogen-bond donors (Lipinski definition) is 1. The van der Waals surface area contributed by atoms with E-state index in [1.807, 2.05) is 30.3 Å². The molecule has 0 radical (unpaired) electrons. The van der Waals surface area contributed by atoms with E-state index in [-0.39, 0.29) is 24.6 Å². The lowest BCUT2D eigenvalue weighted by Crippen LogP contribution is -2.32. The summed E-state index contributed by atoms with van der Waals surface area (Å²) < 4.78 is 46.7. The van der Waals surface area contributed by atoms with Crippen LogP contribution in [-0.4, -0.2) is 35.7 Å². The molecule has 0 aliphatic carbocycles. The van der Waals surface area contributed by atoms with Gasteiger partial charge in [0.15, 0.2) is 5.17 Å². The first-order valence-electron chi connectivity index (χ1n) is 11.1. The highest BCUT2D eigenvalue weighted by Crippen LogP contribution is 2.36.